The fraction of sp³-hybridized carbons (Fsp3) is 0.348. The lowest BCUT2D eigenvalue weighted by Crippen LogP contribution is -2.17. The molecule has 0 aliphatic carbocycles. The zero-order valence-corrected chi connectivity index (χ0v) is 20.8. The highest BCUT2D eigenvalue weighted by atomic mass is 32.2. The molecular formula is C23H26F3N7O2S. The summed E-state index contributed by atoms with van der Waals surface area (Å²) in [5, 5.41) is 6.22. The van der Waals surface area contributed by atoms with E-state index in [0.29, 0.717) is 35.7 Å². The normalized spacial score (nSPS) is 13.2. The summed E-state index contributed by atoms with van der Waals surface area (Å²) < 4.78 is 60.1. The number of halogens is 3. The van der Waals surface area contributed by atoms with Crippen molar-refractivity contribution in [3.63, 3.8) is 0 Å². The minimum atomic E-state index is -4.73. The fourth-order valence-corrected chi connectivity index (χ4v) is 5.20. The molecule has 0 bridgehead atoms. The topological polar surface area (TPSA) is 120 Å². The fourth-order valence-electron chi connectivity index (χ4n) is 3.60. The summed E-state index contributed by atoms with van der Waals surface area (Å²) in [6.07, 6.45) is 4.98. The van der Waals surface area contributed by atoms with Gasteiger partial charge in [-0.05, 0) is 43.7 Å². The highest BCUT2D eigenvalue weighted by Gasteiger charge is 2.38. The van der Waals surface area contributed by atoms with Crippen LogP contribution in [-0.4, -0.2) is 48.8 Å². The number of anilines is 1. The van der Waals surface area contributed by atoms with Crippen LogP contribution in [-0.2, 0) is 29.5 Å². The Morgan fingerprint density at radius 2 is 2.08 bits per heavy atom. The molecule has 0 saturated heterocycles. The number of aryl methyl sites for hydroxylation is 1. The van der Waals surface area contributed by atoms with E-state index in [1.807, 2.05) is 0 Å². The van der Waals surface area contributed by atoms with Crippen molar-refractivity contribution in [3.05, 3.63) is 47.7 Å². The van der Waals surface area contributed by atoms with Crippen molar-refractivity contribution in [1.29, 1.82) is 0 Å². The predicted molar refractivity (Wildman–Crippen MR) is 131 cm³/mol. The van der Waals surface area contributed by atoms with Crippen LogP contribution in [0.25, 0.3) is 11.3 Å². The van der Waals surface area contributed by atoms with E-state index in [1.165, 1.54) is 24.0 Å². The van der Waals surface area contributed by atoms with Gasteiger partial charge >= 0.3 is 6.18 Å². The molecule has 192 valence electrons. The van der Waals surface area contributed by atoms with Crippen molar-refractivity contribution < 1.29 is 22.2 Å². The quantitative estimate of drug-likeness (QED) is 0.348. The third-order valence-corrected chi connectivity index (χ3v) is 7.24. The Hall–Kier alpha value is -3.63. The number of alkyl halides is 3. The number of hydrogen-bond acceptors (Lipinski definition) is 6. The highest BCUT2D eigenvalue weighted by Crippen LogP contribution is 2.36. The number of nitrogens with two attached hydrogens (primary N) is 1. The lowest BCUT2D eigenvalue weighted by Gasteiger charge is -2.12. The van der Waals surface area contributed by atoms with Crippen LogP contribution in [0.4, 0.5) is 18.9 Å². The number of benzene rings is 1. The Bertz CT molecular complexity index is 1440. The van der Waals surface area contributed by atoms with Gasteiger partial charge in [0.1, 0.15) is 6.54 Å². The van der Waals surface area contributed by atoms with Crippen molar-refractivity contribution in [3.8, 4) is 23.6 Å². The van der Waals surface area contributed by atoms with Gasteiger partial charge in [0.25, 0.3) is 5.91 Å². The predicted octanol–water partition coefficient (Wildman–Crippen LogP) is 3.30. The van der Waals surface area contributed by atoms with E-state index < -0.39 is 27.5 Å². The van der Waals surface area contributed by atoms with Crippen LogP contribution in [0, 0.1) is 19.3 Å². The Morgan fingerprint density at radius 1 is 1.36 bits per heavy atom. The molecule has 0 aliphatic heterocycles. The molecule has 13 heteroatoms. The lowest BCUT2D eigenvalue weighted by atomic mass is 10.2. The van der Waals surface area contributed by atoms with Crippen LogP contribution in [0.3, 0.4) is 0 Å². The van der Waals surface area contributed by atoms with E-state index in [2.05, 4.69) is 25.7 Å². The number of hydrogen-bond donors (Lipinski definition) is 2. The molecule has 1 atom stereocenters. The Balaban J connectivity index is 1.88. The minimum absolute atomic E-state index is 0.0482. The molecule has 2 aromatic heterocycles. The van der Waals surface area contributed by atoms with Gasteiger partial charge in [-0.2, -0.15) is 18.3 Å². The summed E-state index contributed by atoms with van der Waals surface area (Å²) in [5.41, 5.74) is 5.20. The van der Waals surface area contributed by atoms with Crippen LogP contribution in [0.5, 0.6) is 0 Å². The van der Waals surface area contributed by atoms with E-state index >= 15 is 0 Å². The number of imidazole rings is 1. The summed E-state index contributed by atoms with van der Waals surface area (Å²) in [5.74, 6) is 1.50. The molecule has 3 N–H and O–H groups in total. The van der Waals surface area contributed by atoms with E-state index in [-0.39, 0.29) is 23.6 Å². The molecule has 0 aliphatic rings. The monoisotopic (exact) mass is 521 g/mol. The van der Waals surface area contributed by atoms with Gasteiger partial charge in [-0.25, -0.2) is 13.6 Å². The summed E-state index contributed by atoms with van der Waals surface area (Å²) >= 11 is 0. The number of rotatable bonds is 8. The second-order valence-corrected chi connectivity index (χ2v) is 10.4. The Kier molecular flexibility index (Phi) is 7.90. The van der Waals surface area contributed by atoms with E-state index in [9.17, 15) is 22.2 Å². The van der Waals surface area contributed by atoms with Gasteiger partial charge in [0.15, 0.2) is 11.5 Å². The van der Waals surface area contributed by atoms with Gasteiger partial charge in [-0.15, -0.1) is 6.42 Å². The smallest absolute Gasteiger partial charge is 0.330 e. The number of nitrogens with one attached hydrogen (secondary N) is 1. The molecule has 1 aromatic carbocycles. The molecule has 9 nitrogen and oxygen atoms in total. The van der Waals surface area contributed by atoms with Crippen molar-refractivity contribution in [1.82, 2.24) is 19.3 Å². The van der Waals surface area contributed by atoms with Gasteiger partial charge in [0.05, 0.1) is 32.1 Å². The number of aromatic nitrogens is 4. The number of terminal acetylenes is 1. The standard InChI is InChI=1S/C23H26F3N7O2S/c1-5-11-33-14-17(20(31-33)23(24,25)26)18-13-28-21(32(18)3)22(34)30-16-7-8-19(15(2)12-16)36(4,35)29-10-6-9-27/h1,7-8,12-14H,6,9-11,27H2,2-4H3,(H,30,34). The second-order valence-electron chi connectivity index (χ2n) is 8.05. The molecular weight excluding hydrogens is 495 g/mol. The van der Waals surface area contributed by atoms with Crippen LogP contribution >= 0.6 is 0 Å². The zero-order chi connectivity index (χ0) is 26.7. The van der Waals surface area contributed by atoms with Crippen LogP contribution in [0.1, 0.15) is 28.3 Å². The molecule has 1 amide bonds. The van der Waals surface area contributed by atoms with Crippen molar-refractivity contribution >= 4 is 21.3 Å². The molecule has 2 heterocycles. The molecule has 3 aromatic rings. The van der Waals surface area contributed by atoms with Crippen molar-refractivity contribution in [2.24, 2.45) is 17.1 Å². The van der Waals surface area contributed by atoms with Crippen LogP contribution in [0.2, 0.25) is 0 Å². The van der Waals surface area contributed by atoms with Gasteiger partial charge in [0.2, 0.25) is 0 Å². The SMILES string of the molecule is C#CCn1cc(-c2cnc(C(=O)Nc3ccc(S(C)(=O)=NCCCN)c(C)c3)n2C)c(C(F)(F)F)n1. The van der Waals surface area contributed by atoms with Crippen molar-refractivity contribution in [2.45, 2.75) is 31.0 Å². The Morgan fingerprint density at radius 3 is 2.69 bits per heavy atom. The average molecular weight is 522 g/mol. The maximum Gasteiger partial charge on any atom is 0.435 e. The maximum atomic E-state index is 13.5. The minimum Gasteiger partial charge on any atom is -0.330 e. The van der Waals surface area contributed by atoms with E-state index in [4.69, 9.17) is 12.2 Å². The van der Waals surface area contributed by atoms with E-state index in [0.717, 1.165) is 4.68 Å². The second kappa shape index (κ2) is 10.5. The average Bonchev–Trinajstić information content (AvgIpc) is 3.37. The van der Waals surface area contributed by atoms with E-state index in [1.54, 1.807) is 31.4 Å². The largest absolute Gasteiger partial charge is 0.435 e. The first kappa shape index (κ1) is 27.0. The number of amides is 1. The Labute approximate surface area is 207 Å². The van der Waals surface area contributed by atoms with Gasteiger partial charge in [-0.1, -0.05) is 5.92 Å². The third kappa shape index (κ3) is 5.77. The van der Waals surface area contributed by atoms with Crippen LogP contribution in [0.15, 0.2) is 39.9 Å². The molecule has 0 radical (unpaired) electrons. The van der Waals surface area contributed by atoms with Crippen LogP contribution < -0.4 is 11.1 Å². The highest BCUT2D eigenvalue weighted by molar-refractivity contribution is 7.93. The summed E-state index contributed by atoms with van der Waals surface area (Å²) in [6, 6.07) is 4.85. The first-order valence-electron chi connectivity index (χ1n) is 10.8. The van der Waals surface area contributed by atoms with Gasteiger partial charge < -0.3 is 15.6 Å². The zero-order valence-electron chi connectivity index (χ0n) is 20.0. The maximum absolute atomic E-state index is 13.5. The molecule has 0 fully saturated rings. The van der Waals surface area contributed by atoms with Gasteiger partial charge in [0, 0.05) is 31.7 Å². The van der Waals surface area contributed by atoms with Gasteiger partial charge in [-0.3, -0.25) is 9.48 Å². The first-order chi connectivity index (χ1) is 16.9. The summed E-state index contributed by atoms with van der Waals surface area (Å²) in [7, 11) is -1.20. The first-order valence-corrected chi connectivity index (χ1v) is 12.7. The summed E-state index contributed by atoms with van der Waals surface area (Å²) in [6.45, 7) is 2.43. The lowest BCUT2D eigenvalue weighted by molar-refractivity contribution is -0.141. The summed E-state index contributed by atoms with van der Waals surface area (Å²) in [4.78, 5) is 17.5. The number of carbonyl (C=O) groups is 1. The third-order valence-electron chi connectivity index (χ3n) is 5.29. The molecule has 0 saturated carbocycles. The molecule has 1 unspecified atom stereocenters. The molecule has 36 heavy (non-hydrogen) atoms. The number of nitrogens with zero attached hydrogens (tertiary/aromatic N) is 5. The molecule has 0 spiro atoms. The molecule has 3 rings (SSSR count). The van der Waals surface area contributed by atoms with Crippen molar-refractivity contribution in [2.75, 3.05) is 24.7 Å². The number of carbonyl (C=O) groups excluding carboxylic acids is 1.